The van der Waals surface area contributed by atoms with Gasteiger partial charge in [0.1, 0.15) is 0 Å². The summed E-state index contributed by atoms with van der Waals surface area (Å²) in [5.74, 6) is 0. The van der Waals surface area contributed by atoms with Crippen LogP contribution in [0.5, 0.6) is 0 Å². The average Bonchev–Trinajstić information content (AvgIpc) is 2.94. The molecular formula is C13H18N2O4S. The topological polar surface area (TPSA) is 78.9 Å². The van der Waals surface area contributed by atoms with E-state index in [0.717, 1.165) is 17.7 Å². The van der Waals surface area contributed by atoms with Crippen LogP contribution in [0.4, 0.5) is 0 Å². The van der Waals surface area contributed by atoms with Crippen molar-refractivity contribution < 1.29 is 18.3 Å². The summed E-state index contributed by atoms with van der Waals surface area (Å²) in [6, 6.07) is 4.73. The molecule has 2 aliphatic rings. The summed E-state index contributed by atoms with van der Waals surface area (Å²) in [7, 11) is -3.58. The molecule has 0 spiro atoms. The Balaban J connectivity index is 1.94. The first kappa shape index (κ1) is 14.0. The van der Waals surface area contributed by atoms with E-state index in [1.54, 1.807) is 12.1 Å². The van der Waals surface area contributed by atoms with Gasteiger partial charge in [0, 0.05) is 19.6 Å². The van der Waals surface area contributed by atoms with Gasteiger partial charge in [0.2, 0.25) is 10.0 Å². The smallest absolute Gasteiger partial charge is 0.243 e. The molecule has 0 radical (unpaired) electrons. The summed E-state index contributed by atoms with van der Waals surface area (Å²) in [5, 5.41) is 12.5. The van der Waals surface area contributed by atoms with E-state index in [1.807, 2.05) is 6.07 Å². The first-order valence-corrected chi connectivity index (χ1v) is 8.10. The van der Waals surface area contributed by atoms with E-state index < -0.39 is 16.1 Å². The maximum atomic E-state index is 12.7. The van der Waals surface area contributed by atoms with Gasteiger partial charge < -0.3 is 15.2 Å². The van der Waals surface area contributed by atoms with Crippen molar-refractivity contribution >= 4 is 10.0 Å². The van der Waals surface area contributed by atoms with E-state index in [2.05, 4.69) is 5.32 Å². The number of aliphatic hydroxyl groups is 1. The van der Waals surface area contributed by atoms with Gasteiger partial charge in [-0.3, -0.25) is 0 Å². The summed E-state index contributed by atoms with van der Waals surface area (Å²) >= 11 is 0. The molecule has 6 nitrogen and oxygen atoms in total. The predicted octanol–water partition coefficient (Wildman–Crippen LogP) is -0.328. The molecule has 0 saturated carbocycles. The molecule has 110 valence electrons. The Labute approximate surface area is 118 Å². The Bertz CT molecular complexity index is 602. The largest absolute Gasteiger partial charge is 0.395 e. The van der Waals surface area contributed by atoms with Crippen molar-refractivity contribution in [2.24, 2.45) is 0 Å². The number of nitrogens with zero attached hydrogens (tertiary/aromatic N) is 1. The monoisotopic (exact) mass is 298 g/mol. The van der Waals surface area contributed by atoms with Crippen molar-refractivity contribution in [1.29, 1.82) is 0 Å². The SMILES string of the molecule is O=S(=O)(c1ccc2c(c1)CNC2)N1CCOCC1CO. The summed E-state index contributed by atoms with van der Waals surface area (Å²) in [4.78, 5) is 0.292. The third kappa shape index (κ3) is 2.36. The van der Waals surface area contributed by atoms with Crippen molar-refractivity contribution in [3.63, 3.8) is 0 Å². The molecule has 1 atom stereocenters. The standard InChI is InChI=1S/C13H18N2O4S/c16-8-12-9-19-4-3-15(12)20(17,18)13-2-1-10-6-14-7-11(10)5-13/h1-2,5,12,14,16H,3-4,6-9H2. The van der Waals surface area contributed by atoms with Crippen LogP contribution in [-0.2, 0) is 27.8 Å². The lowest BCUT2D eigenvalue weighted by Crippen LogP contribution is -2.50. The lowest BCUT2D eigenvalue weighted by Gasteiger charge is -2.33. The number of rotatable bonds is 3. The Kier molecular flexibility index (Phi) is 3.78. The highest BCUT2D eigenvalue weighted by atomic mass is 32.2. The lowest BCUT2D eigenvalue weighted by atomic mass is 10.1. The van der Waals surface area contributed by atoms with Crippen molar-refractivity contribution in [1.82, 2.24) is 9.62 Å². The second kappa shape index (κ2) is 5.42. The van der Waals surface area contributed by atoms with Crippen LogP contribution in [0.25, 0.3) is 0 Å². The average molecular weight is 298 g/mol. The number of benzene rings is 1. The number of morpholine rings is 1. The van der Waals surface area contributed by atoms with Crippen LogP contribution in [0.3, 0.4) is 0 Å². The number of nitrogens with one attached hydrogen (secondary N) is 1. The van der Waals surface area contributed by atoms with E-state index in [0.29, 0.717) is 18.0 Å². The van der Waals surface area contributed by atoms with Crippen molar-refractivity contribution in [3.05, 3.63) is 29.3 Å². The maximum Gasteiger partial charge on any atom is 0.243 e. The molecule has 0 aromatic heterocycles. The third-order valence-electron chi connectivity index (χ3n) is 3.80. The number of fused-ring (bicyclic) bond motifs is 1. The van der Waals surface area contributed by atoms with E-state index in [-0.39, 0.29) is 19.8 Å². The van der Waals surface area contributed by atoms with Crippen LogP contribution in [0.1, 0.15) is 11.1 Å². The van der Waals surface area contributed by atoms with Crippen molar-refractivity contribution in [2.45, 2.75) is 24.0 Å². The summed E-state index contributed by atoms with van der Waals surface area (Å²) in [6.45, 7) is 2.14. The molecule has 0 amide bonds. The zero-order valence-electron chi connectivity index (χ0n) is 11.1. The van der Waals surface area contributed by atoms with E-state index in [9.17, 15) is 13.5 Å². The fraction of sp³-hybridized carbons (Fsp3) is 0.538. The van der Waals surface area contributed by atoms with Gasteiger partial charge in [-0.2, -0.15) is 4.31 Å². The van der Waals surface area contributed by atoms with Gasteiger partial charge in [-0.1, -0.05) is 6.07 Å². The number of hydrogen-bond acceptors (Lipinski definition) is 5. The molecule has 0 aliphatic carbocycles. The minimum absolute atomic E-state index is 0.230. The zero-order valence-corrected chi connectivity index (χ0v) is 11.9. The minimum Gasteiger partial charge on any atom is -0.395 e. The van der Waals surface area contributed by atoms with Crippen LogP contribution >= 0.6 is 0 Å². The number of hydrogen-bond donors (Lipinski definition) is 2. The lowest BCUT2D eigenvalue weighted by molar-refractivity contribution is 0.0109. The molecule has 7 heteroatoms. The summed E-state index contributed by atoms with van der Waals surface area (Å²) in [5.41, 5.74) is 2.17. The molecule has 2 N–H and O–H groups in total. The second-order valence-electron chi connectivity index (χ2n) is 5.06. The predicted molar refractivity (Wildman–Crippen MR) is 72.6 cm³/mol. The molecule has 0 bridgehead atoms. The highest BCUT2D eigenvalue weighted by Crippen LogP contribution is 2.24. The van der Waals surface area contributed by atoms with E-state index in [1.165, 1.54) is 4.31 Å². The number of ether oxygens (including phenoxy) is 1. The molecule has 1 fully saturated rings. The quantitative estimate of drug-likeness (QED) is 0.799. The molecule has 1 aromatic rings. The van der Waals surface area contributed by atoms with Crippen LogP contribution in [0, 0.1) is 0 Å². The van der Waals surface area contributed by atoms with Gasteiger partial charge in [0.15, 0.2) is 0 Å². The molecule has 2 heterocycles. The molecule has 1 aromatic carbocycles. The Morgan fingerprint density at radius 2 is 2.15 bits per heavy atom. The van der Waals surface area contributed by atoms with Gasteiger partial charge in [-0.25, -0.2) is 8.42 Å². The highest BCUT2D eigenvalue weighted by Gasteiger charge is 2.34. The second-order valence-corrected chi connectivity index (χ2v) is 6.95. The first-order valence-electron chi connectivity index (χ1n) is 6.66. The van der Waals surface area contributed by atoms with Crippen molar-refractivity contribution in [2.75, 3.05) is 26.4 Å². The zero-order chi connectivity index (χ0) is 14.2. The number of aliphatic hydroxyl groups excluding tert-OH is 1. The van der Waals surface area contributed by atoms with Gasteiger partial charge in [0.05, 0.1) is 30.8 Å². The normalized spacial score (nSPS) is 23.8. The van der Waals surface area contributed by atoms with Gasteiger partial charge in [0.25, 0.3) is 0 Å². The fourth-order valence-electron chi connectivity index (χ4n) is 2.67. The fourth-order valence-corrected chi connectivity index (χ4v) is 4.30. The van der Waals surface area contributed by atoms with Gasteiger partial charge in [-0.05, 0) is 23.3 Å². The molecule has 2 aliphatic heterocycles. The van der Waals surface area contributed by atoms with E-state index >= 15 is 0 Å². The number of sulfonamides is 1. The molecule has 20 heavy (non-hydrogen) atoms. The first-order chi connectivity index (χ1) is 9.63. The van der Waals surface area contributed by atoms with Crippen LogP contribution < -0.4 is 5.32 Å². The van der Waals surface area contributed by atoms with Gasteiger partial charge in [-0.15, -0.1) is 0 Å². The van der Waals surface area contributed by atoms with Crippen LogP contribution in [0.15, 0.2) is 23.1 Å². The maximum absolute atomic E-state index is 12.7. The van der Waals surface area contributed by atoms with Crippen molar-refractivity contribution in [3.8, 4) is 0 Å². The molecule has 1 saturated heterocycles. The Morgan fingerprint density at radius 1 is 1.35 bits per heavy atom. The highest BCUT2D eigenvalue weighted by molar-refractivity contribution is 7.89. The summed E-state index contributed by atoms with van der Waals surface area (Å²) < 4.78 is 32.0. The van der Waals surface area contributed by atoms with Crippen LogP contribution in [-0.4, -0.2) is 50.2 Å². The van der Waals surface area contributed by atoms with E-state index in [4.69, 9.17) is 4.74 Å². The summed E-state index contributed by atoms with van der Waals surface area (Å²) in [6.07, 6.45) is 0. The molecular weight excluding hydrogens is 280 g/mol. The Morgan fingerprint density at radius 3 is 2.95 bits per heavy atom. The molecule has 3 rings (SSSR count). The van der Waals surface area contributed by atoms with Gasteiger partial charge >= 0.3 is 0 Å². The molecule has 1 unspecified atom stereocenters. The Hall–Kier alpha value is -0.990. The van der Waals surface area contributed by atoms with Crippen LogP contribution in [0.2, 0.25) is 0 Å². The minimum atomic E-state index is -3.58. The third-order valence-corrected chi connectivity index (χ3v) is 5.75.